The van der Waals surface area contributed by atoms with E-state index in [1.807, 2.05) is 0 Å². The van der Waals surface area contributed by atoms with Crippen LogP contribution in [0.5, 0.6) is 0 Å². The number of allylic oxidation sites excluding steroid dienone is 3. The Morgan fingerprint density at radius 1 is 1.09 bits per heavy atom. The largest absolute Gasteiger partial charge is 0.413 e. The summed E-state index contributed by atoms with van der Waals surface area (Å²) in [5.41, 5.74) is 10.8. The summed E-state index contributed by atoms with van der Waals surface area (Å²) in [6.07, 6.45) is 11.8. The van der Waals surface area contributed by atoms with E-state index in [1.54, 1.807) is 0 Å². The average molecular weight is 520 g/mol. The molecule has 0 heterocycles. The molecule has 0 aliphatic heterocycles. The third-order valence-corrected chi connectivity index (χ3v) is 17.2. The van der Waals surface area contributed by atoms with Crippen molar-refractivity contribution in [2.75, 3.05) is 6.54 Å². The van der Waals surface area contributed by atoms with Crippen LogP contribution in [0.15, 0.2) is 41.1 Å². The van der Waals surface area contributed by atoms with Crippen LogP contribution >= 0.6 is 0 Å². The molecule has 1 fully saturated rings. The Hall–Kier alpha value is -1.12. The minimum atomic E-state index is -1.94. The highest BCUT2D eigenvalue weighted by molar-refractivity contribution is 6.74. The van der Waals surface area contributed by atoms with Crippen molar-refractivity contribution >= 4 is 16.6 Å². The van der Waals surface area contributed by atoms with Crippen molar-refractivity contribution in [1.29, 1.82) is 0 Å². The minimum Gasteiger partial charge on any atom is -0.413 e. The van der Waals surface area contributed by atoms with Crippen LogP contribution in [0.4, 0.5) is 0 Å². The van der Waals surface area contributed by atoms with E-state index < -0.39 is 16.6 Å². The smallest absolute Gasteiger partial charge is 0.192 e. The highest BCUT2D eigenvalue weighted by atomic mass is 28.4. The predicted molar refractivity (Wildman–Crippen MR) is 157 cm³/mol. The second-order valence-corrected chi connectivity index (χ2v) is 22.9. The molecular formula is C28H53N3O2Si2. The summed E-state index contributed by atoms with van der Waals surface area (Å²) < 4.78 is 13.8. The zero-order valence-electron chi connectivity index (χ0n) is 24.6. The molecule has 7 heteroatoms. The lowest BCUT2D eigenvalue weighted by molar-refractivity contribution is 0.0970. The molecule has 200 valence electrons. The Bertz CT molecular complexity index is 813. The highest BCUT2D eigenvalue weighted by Crippen LogP contribution is 2.44. The van der Waals surface area contributed by atoms with Crippen molar-refractivity contribution in [2.45, 2.75) is 129 Å². The Morgan fingerprint density at radius 3 is 2.20 bits per heavy atom. The predicted octanol–water partition coefficient (Wildman–Crippen LogP) is 9.72. The zero-order chi connectivity index (χ0) is 27.1. The monoisotopic (exact) mass is 519 g/mol. The lowest BCUT2D eigenvalue weighted by Crippen LogP contribution is -2.49. The fourth-order valence-electron chi connectivity index (χ4n) is 3.69. The first-order valence-electron chi connectivity index (χ1n) is 13.3. The van der Waals surface area contributed by atoms with Gasteiger partial charge in [-0.15, -0.1) is 0 Å². The summed E-state index contributed by atoms with van der Waals surface area (Å²) >= 11 is 0. The van der Waals surface area contributed by atoms with Crippen LogP contribution < -0.4 is 0 Å². The van der Waals surface area contributed by atoms with Gasteiger partial charge in [0.1, 0.15) is 0 Å². The van der Waals surface area contributed by atoms with Gasteiger partial charge >= 0.3 is 0 Å². The van der Waals surface area contributed by atoms with Crippen LogP contribution in [0.2, 0.25) is 36.3 Å². The Labute approximate surface area is 218 Å². The molecule has 3 atom stereocenters. The molecule has 1 aliphatic rings. The van der Waals surface area contributed by atoms with Gasteiger partial charge in [0.2, 0.25) is 0 Å². The maximum Gasteiger partial charge on any atom is 0.192 e. The first kappa shape index (κ1) is 31.9. The van der Waals surface area contributed by atoms with Gasteiger partial charge in [-0.25, -0.2) is 0 Å². The van der Waals surface area contributed by atoms with Gasteiger partial charge in [-0.1, -0.05) is 84.8 Å². The number of hydrogen-bond donors (Lipinski definition) is 0. The quantitative estimate of drug-likeness (QED) is 0.0896. The highest BCUT2D eigenvalue weighted by Gasteiger charge is 2.44. The van der Waals surface area contributed by atoms with E-state index >= 15 is 0 Å². The van der Waals surface area contributed by atoms with Gasteiger partial charge in [-0.3, -0.25) is 0 Å². The maximum atomic E-state index is 8.46. The van der Waals surface area contributed by atoms with Crippen LogP contribution in [0.25, 0.3) is 10.4 Å². The number of unbranched alkanes of at least 4 members (excludes halogenated alkanes) is 1. The summed E-state index contributed by atoms with van der Waals surface area (Å²) in [5.74, 6) is 0.428. The Kier molecular flexibility index (Phi) is 11.8. The fourth-order valence-corrected chi connectivity index (χ4v) is 6.36. The van der Waals surface area contributed by atoms with E-state index in [1.165, 1.54) is 5.57 Å². The van der Waals surface area contributed by atoms with E-state index in [2.05, 4.69) is 109 Å². The summed E-state index contributed by atoms with van der Waals surface area (Å²) in [6.45, 7) is 30.3. The van der Waals surface area contributed by atoms with Crippen LogP contribution in [0, 0.1) is 5.92 Å². The molecule has 0 unspecified atom stereocenters. The molecule has 0 N–H and O–H groups in total. The molecule has 0 spiro atoms. The number of nitrogens with zero attached hydrogens (tertiary/aromatic N) is 3. The summed E-state index contributed by atoms with van der Waals surface area (Å²) in [5, 5.41) is 4.01. The Balaban J connectivity index is 3.00. The van der Waals surface area contributed by atoms with E-state index in [0.29, 0.717) is 12.5 Å². The standard InChI is InChI=1S/C28H53N3O2Si2/c1-22(21-30-31-29)17-15-13-14-16-18-24-19-25(32-34(9,10)27(3,4)5)20-26(23(24)2)33-35(11,12)28(6,7)8/h14,16,18,22,25-26H,2,13,15,17,19-21H2,1,3-12H3/t22-,25+,26-/m0/s1. The van der Waals surface area contributed by atoms with Gasteiger partial charge in [0.15, 0.2) is 16.6 Å². The van der Waals surface area contributed by atoms with Crippen molar-refractivity contribution in [3.63, 3.8) is 0 Å². The first-order valence-corrected chi connectivity index (χ1v) is 19.1. The molecule has 1 aliphatic carbocycles. The van der Waals surface area contributed by atoms with E-state index in [-0.39, 0.29) is 22.3 Å². The van der Waals surface area contributed by atoms with Crippen molar-refractivity contribution in [3.05, 3.63) is 46.4 Å². The lowest BCUT2D eigenvalue weighted by atomic mass is 9.86. The van der Waals surface area contributed by atoms with Crippen molar-refractivity contribution in [1.82, 2.24) is 0 Å². The number of azide groups is 1. The van der Waals surface area contributed by atoms with Crippen LogP contribution in [0.1, 0.15) is 80.6 Å². The molecule has 0 aromatic carbocycles. The zero-order valence-corrected chi connectivity index (χ0v) is 26.6. The second-order valence-electron chi connectivity index (χ2n) is 13.4. The van der Waals surface area contributed by atoms with Crippen molar-refractivity contribution < 1.29 is 8.85 Å². The van der Waals surface area contributed by atoms with Crippen LogP contribution in [0.3, 0.4) is 0 Å². The van der Waals surface area contributed by atoms with Gasteiger partial charge in [-0.05, 0) is 78.1 Å². The number of rotatable bonds is 11. The molecule has 0 aromatic rings. The van der Waals surface area contributed by atoms with Gasteiger partial charge in [-0.2, -0.15) is 0 Å². The molecule has 5 nitrogen and oxygen atoms in total. The summed E-state index contributed by atoms with van der Waals surface area (Å²) in [4.78, 5) is 2.85. The van der Waals surface area contributed by atoms with Crippen molar-refractivity contribution in [3.8, 4) is 0 Å². The topological polar surface area (TPSA) is 67.2 Å². The Morgan fingerprint density at radius 2 is 1.66 bits per heavy atom. The fraction of sp³-hybridized carbons (Fsp3) is 0.786. The number of hydrogen-bond acceptors (Lipinski definition) is 3. The molecule has 0 aromatic heterocycles. The molecule has 0 saturated heterocycles. The van der Waals surface area contributed by atoms with Crippen LogP contribution in [-0.2, 0) is 8.85 Å². The molecular weight excluding hydrogens is 466 g/mol. The van der Waals surface area contributed by atoms with E-state index in [0.717, 1.165) is 37.7 Å². The van der Waals surface area contributed by atoms with Crippen molar-refractivity contribution in [2.24, 2.45) is 11.0 Å². The summed E-state index contributed by atoms with van der Waals surface area (Å²) in [7, 11) is -3.83. The lowest BCUT2D eigenvalue weighted by Gasteiger charge is -2.45. The SMILES string of the molecule is C=C1C(=CC=CCCC[C@H](C)CN=[N+]=[N-])C[C@@H](O[Si](C)(C)C(C)(C)C)C[C@@H]1O[Si](C)(C)C(C)(C)C. The molecule has 1 rings (SSSR count). The molecule has 0 amide bonds. The minimum absolute atomic E-state index is 0.0144. The summed E-state index contributed by atoms with van der Waals surface area (Å²) in [6, 6.07) is 0. The normalized spacial score (nSPS) is 22.5. The van der Waals surface area contributed by atoms with Gasteiger partial charge < -0.3 is 8.85 Å². The third kappa shape index (κ3) is 10.0. The molecule has 0 radical (unpaired) electrons. The van der Waals surface area contributed by atoms with E-state index in [9.17, 15) is 0 Å². The second kappa shape index (κ2) is 12.9. The first-order chi connectivity index (χ1) is 15.9. The van der Waals surface area contributed by atoms with Gasteiger partial charge in [0.25, 0.3) is 0 Å². The molecule has 0 bridgehead atoms. The van der Waals surface area contributed by atoms with Crippen LogP contribution in [-0.4, -0.2) is 35.4 Å². The van der Waals surface area contributed by atoms with E-state index in [4.69, 9.17) is 14.4 Å². The molecule has 35 heavy (non-hydrogen) atoms. The molecule has 1 saturated carbocycles. The maximum absolute atomic E-state index is 8.46. The van der Waals surface area contributed by atoms with Gasteiger partial charge in [0, 0.05) is 17.9 Å². The van der Waals surface area contributed by atoms with Gasteiger partial charge in [0.05, 0.1) is 12.2 Å². The third-order valence-electron chi connectivity index (χ3n) is 8.19. The average Bonchev–Trinajstić information content (AvgIpc) is 2.69.